The van der Waals surface area contributed by atoms with Crippen LogP contribution in [0.1, 0.15) is 32.7 Å². The Kier molecular flexibility index (Phi) is 4.61. The van der Waals surface area contributed by atoms with Crippen molar-refractivity contribution in [2.45, 2.75) is 33.2 Å². The minimum atomic E-state index is 0.253. The number of nitrogens with one attached hydrogen (secondary N) is 1. The van der Waals surface area contributed by atoms with E-state index < -0.39 is 0 Å². The van der Waals surface area contributed by atoms with Gasteiger partial charge < -0.3 is 5.32 Å². The number of nitrogens with zero attached hydrogens (tertiary/aromatic N) is 1. The maximum atomic E-state index is 6.11. The van der Waals surface area contributed by atoms with Crippen LogP contribution in [-0.4, -0.2) is 12.0 Å². The molecule has 1 atom stereocenters. The molecule has 1 unspecified atom stereocenters. The number of likely N-dealkylation sites (N-methyl/N-ethyl adjacent to an activating group) is 1. The summed E-state index contributed by atoms with van der Waals surface area (Å²) in [7, 11) is 1.98. The van der Waals surface area contributed by atoms with Gasteiger partial charge in [0.2, 0.25) is 0 Å². The lowest BCUT2D eigenvalue weighted by Gasteiger charge is -2.18. The Balaban J connectivity index is 2.27. The van der Waals surface area contributed by atoms with Gasteiger partial charge in [-0.25, -0.2) is 4.98 Å². The average molecular weight is 295 g/mol. The minimum absolute atomic E-state index is 0.253. The van der Waals surface area contributed by atoms with Gasteiger partial charge in [0, 0.05) is 22.4 Å². The van der Waals surface area contributed by atoms with Gasteiger partial charge in [-0.1, -0.05) is 17.7 Å². The van der Waals surface area contributed by atoms with E-state index in [1.54, 1.807) is 11.3 Å². The molecule has 0 saturated heterocycles. The topological polar surface area (TPSA) is 24.9 Å². The van der Waals surface area contributed by atoms with Crippen molar-refractivity contribution in [1.29, 1.82) is 0 Å². The molecule has 19 heavy (non-hydrogen) atoms. The molecule has 2 rings (SSSR count). The molecule has 0 radical (unpaired) electrons. The van der Waals surface area contributed by atoms with E-state index >= 15 is 0 Å². The molecule has 1 N–H and O–H groups in total. The lowest BCUT2D eigenvalue weighted by atomic mass is 9.99. The van der Waals surface area contributed by atoms with Crippen molar-refractivity contribution in [1.82, 2.24) is 10.3 Å². The molecule has 0 aliphatic heterocycles. The SMILES string of the molecule is CNC(Cc1nc(C)c(C)s1)c1cc(Cl)ccc1C. The number of thiazole rings is 1. The van der Waals surface area contributed by atoms with E-state index in [0.29, 0.717) is 0 Å². The number of hydrogen-bond donors (Lipinski definition) is 1. The van der Waals surface area contributed by atoms with Crippen LogP contribution in [0.4, 0.5) is 0 Å². The van der Waals surface area contributed by atoms with Crippen molar-refractivity contribution in [3.05, 3.63) is 49.9 Å². The van der Waals surface area contributed by atoms with Gasteiger partial charge in [0.05, 0.1) is 10.7 Å². The summed E-state index contributed by atoms with van der Waals surface area (Å²) < 4.78 is 0. The first-order valence-corrected chi connectivity index (χ1v) is 7.57. The maximum Gasteiger partial charge on any atom is 0.0949 e. The predicted octanol–water partition coefficient (Wildman–Crippen LogP) is 4.22. The average Bonchev–Trinajstić information content (AvgIpc) is 2.69. The number of benzene rings is 1. The van der Waals surface area contributed by atoms with Crippen molar-refractivity contribution in [3.63, 3.8) is 0 Å². The Labute approximate surface area is 123 Å². The third kappa shape index (κ3) is 3.35. The summed E-state index contributed by atoms with van der Waals surface area (Å²) in [6.45, 7) is 6.30. The molecule has 0 spiro atoms. The van der Waals surface area contributed by atoms with E-state index in [1.165, 1.54) is 21.0 Å². The van der Waals surface area contributed by atoms with E-state index in [4.69, 9.17) is 11.6 Å². The standard InChI is InChI=1S/C15H19ClN2S/c1-9-5-6-12(16)7-13(9)14(17-4)8-15-18-10(2)11(3)19-15/h5-7,14,17H,8H2,1-4H3. The second-order valence-corrected chi connectivity index (χ2v) is 6.52. The predicted molar refractivity (Wildman–Crippen MR) is 83.3 cm³/mol. The first kappa shape index (κ1) is 14.5. The first-order valence-electron chi connectivity index (χ1n) is 6.37. The third-order valence-corrected chi connectivity index (χ3v) is 4.75. The summed E-state index contributed by atoms with van der Waals surface area (Å²) in [5.74, 6) is 0. The minimum Gasteiger partial charge on any atom is -0.313 e. The molecule has 2 aromatic rings. The summed E-state index contributed by atoms with van der Waals surface area (Å²) in [6.07, 6.45) is 0.900. The molecule has 0 saturated carbocycles. The van der Waals surface area contributed by atoms with Crippen LogP contribution in [0.15, 0.2) is 18.2 Å². The fraction of sp³-hybridized carbons (Fsp3) is 0.400. The van der Waals surface area contributed by atoms with Crippen LogP contribution in [0, 0.1) is 20.8 Å². The molecular weight excluding hydrogens is 276 g/mol. The molecule has 102 valence electrons. The quantitative estimate of drug-likeness (QED) is 0.913. The van der Waals surface area contributed by atoms with E-state index in [1.807, 2.05) is 19.2 Å². The summed E-state index contributed by atoms with van der Waals surface area (Å²) >= 11 is 7.89. The Hall–Kier alpha value is -0.900. The van der Waals surface area contributed by atoms with Gasteiger partial charge in [0.15, 0.2) is 0 Å². The van der Waals surface area contributed by atoms with Gasteiger partial charge >= 0.3 is 0 Å². The van der Waals surface area contributed by atoms with Crippen LogP contribution in [-0.2, 0) is 6.42 Å². The number of aromatic nitrogens is 1. The Morgan fingerprint density at radius 1 is 1.32 bits per heavy atom. The molecule has 0 bridgehead atoms. The zero-order valence-electron chi connectivity index (χ0n) is 11.7. The lowest BCUT2D eigenvalue weighted by molar-refractivity contribution is 0.587. The second-order valence-electron chi connectivity index (χ2n) is 4.80. The van der Waals surface area contributed by atoms with Crippen molar-refractivity contribution in [2.24, 2.45) is 0 Å². The van der Waals surface area contributed by atoms with Crippen LogP contribution in [0.25, 0.3) is 0 Å². The molecule has 0 fully saturated rings. The molecule has 4 heteroatoms. The second kappa shape index (κ2) is 6.04. The van der Waals surface area contributed by atoms with Gasteiger partial charge in [0.1, 0.15) is 0 Å². The van der Waals surface area contributed by atoms with Crippen molar-refractivity contribution in [3.8, 4) is 0 Å². The smallest absolute Gasteiger partial charge is 0.0949 e. The van der Waals surface area contributed by atoms with E-state index in [9.17, 15) is 0 Å². The molecule has 0 aliphatic rings. The normalized spacial score (nSPS) is 12.7. The molecular formula is C15H19ClN2S. The van der Waals surface area contributed by atoms with Crippen LogP contribution < -0.4 is 5.32 Å². The van der Waals surface area contributed by atoms with Crippen molar-refractivity contribution in [2.75, 3.05) is 7.05 Å². The molecule has 1 aromatic heterocycles. The highest BCUT2D eigenvalue weighted by Crippen LogP contribution is 2.27. The van der Waals surface area contributed by atoms with Crippen LogP contribution >= 0.6 is 22.9 Å². The molecule has 1 heterocycles. The first-order chi connectivity index (χ1) is 9.01. The summed E-state index contributed by atoms with van der Waals surface area (Å²) in [6, 6.07) is 6.31. The Morgan fingerprint density at radius 3 is 2.63 bits per heavy atom. The van der Waals surface area contributed by atoms with E-state index in [0.717, 1.165) is 17.1 Å². The van der Waals surface area contributed by atoms with Crippen LogP contribution in [0.3, 0.4) is 0 Å². The molecule has 2 nitrogen and oxygen atoms in total. The number of rotatable bonds is 4. The Bertz CT molecular complexity index is 558. The fourth-order valence-electron chi connectivity index (χ4n) is 2.16. The summed E-state index contributed by atoms with van der Waals surface area (Å²) in [5, 5.41) is 5.33. The Morgan fingerprint density at radius 2 is 2.05 bits per heavy atom. The maximum absolute atomic E-state index is 6.11. The largest absolute Gasteiger partial charge is 0.313 e. The van der Waals surface area contributed by atoms with Crippen LogP contribution in [0.5, 0.6) is 0 Å². The molecule has 0 aliphatic carbocycles. The van der Waals surface area contributed by atoms with E-state index in [2.05, 4.69) is 37.1 Å². The van der Waals surface area contributed by atoms with Crippen molar-refractivity contribution < 1.29 is 0 Å². The summed E-state index contributed by atoms with van der Waals surface area (Å²) in [4.78, 5) is 5.92. The van der Waals surface area contributed by atoms with Crippen LogP contribution in [0.2, 0.25) is 5.02 Å². The van der Waals surface area contributed by atoms with Gasteiger partial charge in [0.25, 0.3) is 0 Å². The van der Waals surface area contributed by atoms with Crippen molar-refractivity contribution >= 4 is 22.9 Å². The van der Waals surface area contributed by atoms with Gasteiger partial charge in [-0.3, -0.25) is 0 Å². The number of aryl methyl sites for hydroxylation is 3. The highest BCUT2D eigenvalue weighted by Gasteiger charge is 2.15. The summed E-state index contributed by atoms with van der Waals surface area (Å²) in [5.41, 5.74) is 3.65. The monoisotopic (exact) mass is 294 g/mol. The fourth-order valence-corrected chi connectivity index (χ4v) is 3.32. The molecule has 0 amide bonds. The third-order valence-electron chi connectivity index (χ3n) is 3.42. The van der Waals surface area contributed by atoms with Gasteiger partial charge in [-0.15, -0.1) is 11.3 Å². The zero-order chi connectivity index (χ0) is 14.0. The zero-order valence-corrected chi connectivity index (χ0v) is 13.3. The highest BCUT2D eigenvalue weighted by molar-refractivity contribution is 7.11. The van der Waals surface area contributed by atoms with Gasteiger partial charge in [-0.2, -0.15) is 0 Å². The number of halogens is 1. The lowest BCUT2D eigenvalue weighted by Crippen LogP contribution is -2.19. The molecule has 1 aromatic carbocycles. The number of hydrogen-bond acceptors (Lipinski definition) is 3. The van der Waals surface area contributed by atoms with Gasteiger partial charge in [-0.05, 0) is 51.1 Å². The van der Waals surface area contributed by atoms with E-state index in [-0.39, 0.29) is 6.04 Å². The highest BCUT2D eigenvalue weighted by atomic mass is 35.5.